The zero-order valence-corrected chi connectivity index (χ0v) is 8.86. The second-order valence-corrected chi connectivity index (χ2v) is 3.85. The Morgan fingerprint density at radius 1 is 1.19 bits per heavy atom. The van der Waals surface area contributed by atoms with Crippen molar-refractivity contribution < 1.29 is 9.59 Å². The van der Waals surface area contributed by atoms with Crippen LogP contribution < -0.4 is 10.6 Å². The fourth-order valence-electron chi connectivity index (χ4n) is 1.50. The van der Waals surface area contributed by atoms with Crippen molar-refractivity contribution in [1.29, 1.82) is 0 Å². The van der Waals surface area contributed by atoms with Crippen molar-refractivity contribution in [3.63, 3.8) is 0 Å². The average Bonchev–Trinajstić information content (AvgIpc) is 2.52. The molecular weight excluding hydrogens is 204 g/mol. The Morgan fingerprint density at radius 3 is 2.44 bits per heavy atom. The summed E-state index contributed by atoms with van der Waals surface area (Å²) in [7, 11) is 0. The first-order valence-electron chi connectivity index (χ1n) is 4.98. The molecule has 0 bridgehead atoms. The van der Waals surface area contributed by atoms with E-state index in [-0.39, 0.29) is 5.91 Å². The van der Waals surface area contributed by atoms with Crippen LogP contribution in [0.5, 0.6) is 0 Å². The SMILES string of the molecule is C[C@]1(/C=C\c2ccccc2)NC(=O)NC1=O. The van der Waals surface area contributed by atoms with Crippen molar-refractivity contribution in [2.75, 3.05) is 0 Å². The summed E-state index contributed by atoms with van der Waals surface area (Å²) in [5, 5.41) is 4.77. The van der Waals surface area contributed by atoms with Gasteiger partial charge in [0.1, 0.15) is 5.54 Å². The largest absolute Gasteiger partial charge is 0.322 e. The molecule has 4 nitrogen and oxygen atoms in total. The number of benzene rings is 1. The number of rotatable bonds is 2. The van der Waals surface area contributed by atoms with E-state index in [1.54, 1.807) is 13.0 Å². The maximum Gasteiger partial charge on any atom is 0.322 e. The summed E-state index contributed by atoms with van der Waals surface area (Å²) in [5.74, 6) is -0.329. The molecule has 0 unspecified atom stereocenters. The minimum absolute atomic E-state index is 0.329. The predicted octanol–water partition coefficient (Wildman–Crippen LogP) is 1.30. The molecule has 82 valence electrons. The molecule has 0 spiro atoms. The van der Waals surface area contributed by atoms with Gasteiger partial charge in [-0.1, -0.05) is 36.4 Å². The highest BCUT2D eigenvalue weighted by molar-refractivity contribution is 6.08. The van der Waals surface area contributed by atoms with Crippen LogP contribution in [0.4, 0.5) is 4.79 Å². The van der Waals surface area contributed by atoms with Gasteiger partial charge in [0.25, 0.3) is 5.91 Å². The van der Waals surface area contributed by atoms with E-state index in [0.29, 0.717) is 0 Å². The zero-order valence-electron chi connectivity index (χ0n) is 8.86. The molecule has 0 aliphatic carbocycles. The smallest absolute Gasteiger partial charge is 0.320 e. The highest BCUT2D eigenvalue weighted by Gasteiger charge is 2.39. The molecule has 16 heavy (non-hydrogen) atoms. The summed E-state index contributed by atoms with van der Waals surface area (Å²) in [6.07, 6.45) is 3.49. The second-order valence-electron chi connectivity index (χ2n) is 3.85. The third-order valence-corrected chi connectivity index (χ3v) is 2.48. The minimum atomic E-state index is -0.951. The Labute approximate surface area is 93.3 Å². The number of amides is 3. The molecule has 1 aromatic rings. The Kier molecular flexibility index (Phi) is 2.48. The first-order valence-corrected chi connectivity index (χ1v) is 4.98. The van der Waals surface area contributed by atoms with E-state index < -0.39 is 11.6 Å². The van der Waals surface area contributed by atoms with Gasteiger partial charge in [-0.3, -0.25) is 10.1 Å². The van der Waals surface area contributed by atoms with Crippen molar-refractivity contribution in [1.82, 2.24) is 10.6 Å². The van der Waals surface area contributed by atoms with Gasteiger partial charge in [0, 0.05) is 0 Å². The molecule has 3 amide bonds. The van der Waals surface area contributed by atoms with Crippen molar-refractivity contribution >= 4 is 18.0 Å². The molecule has 1 aliphatic rings. The van der Waals surface area contributed by atoms with Crippen molar-refractivity contribution in [2.45, 2.75) is 12.5 Å². The van der Waals surface area contributed by atoms with Gasteiger partial charge in [-0.15, -0.1) is 0 Å². The fraction of sp³-hybridized carbons (Fsp3) is 0.167. The molecule has 2 rings (SSSR count). The van der Waals surface area contributed by atoms with Crippen LogP contribution in [0.15, 0.2) is 36.4 Å². The molecule has 1 heterocycles. The van der Waals surface area contributed by atoms with Crippen molar-refractivity contribution in [3.05, 3.63) is 42.0 Å². The first-order chi connectivity index (χ1) is 7.60. The van der Waals surface area contributed by atoms with Gasteiger partial charge >= 0.3 is 6.03 Å². The lowest BCUT2D eigenvalue weighted by Gasteiger charge is -2.14. The van der Waals surface area contributed by atoms with Crippen LogP contribution in [-0.2, 0) is 4.79 Å². The Bertz CT molecular complexity index is 453. The molecule has 1 aliphatic heterocycles. The summed E-state index contributed by atoms with van der Waals surface area (Å²) in [6, 6.07) is 9.14. The van der Waals surface area contributed by atoms with E-state index in [4.69, 9.17) is 0 Å². The maximum absolute atomic E-state index is 11.5. The molecular formula is C12H12N2O2. The normalized spacial score (nSPS) is 24.6. The number of carbonyl (C=O) groups is 2. The summed E-state index contributed by atoms with van der Waals surface area (Å²) in [4.78, 5) is 22.5. The Morgan fingerprint density at radius 2 is 1.88 bits per heavy atom. The number of imide groups is 1. The van der Waals surface area contributed by atoms with Crippen LogP contribution in [-0.4, -0.2) is 17.5 Å². The zero-order chi connectivity index (χ0) is 11.6. The fourth-order valence-corrected chi connectivity index (χ4v) is 1.50. The number of nitrogens with one attached hydrogen (secondary N) is 2. The maximum atomic E-state index is 11.5. The lowest BCUT2D eigenvalue weighted by Crippen LogP contribution is -2.41. The van der Waals surface area contributed by atoms with Gasteiger partial charge in [-0.2, -0.15) is 0 Å². The van der Waals surface area contributed by atoms with Crippen molar-refractivity contribution in [2.24, 2.45) is 0 Å². The van der Waals surface area contributed by atoms with Gasteiger partial charge in [-0.25, -0.2) is 4.79 Å². The number of urea groups is 1. The third kappa shape index (κ3) is 1.95. The summed E-state index contributed by atoms with van der Waals surface area (Å²) >= 11 is 0. The van der Waals surface area contributed by atoms with E-state index >= 15 is 0 Å². The number of carbonyl (C=O) groups excluding carboxylic acids is 2. The standard InChI is InChI=1S/C12H12N2O2/c1-12(10(15)13-11(16)14-12)8-7-9-5-3-2-4-6-9/h2-8H,1H3,(H2,13,14,15,16)/b8-7-/t12-/m1/s1. The highest BCUT2D eigenvalue weighted by atomic mass is 16.2. The molecule has 1 fully saturated rings. The van der Waals surface area contributed by atoms with E-state index in [2.05, 4.69) is 10.6 Å². The Hall–Kier alpha value is -2.10. The van der Waals surface area contributed by atoms with Crippen LogP contribution >= 0.6 is 0 Å². The topological polar surface area (TPSA) is 58.2 Å². The Balaban J connectivity index is 2.18. The average molecular weight is 216 g/mol. The third-order valence-electron chi connectivity index (χ3n) is 2.48. The lowest BCUT2D eigenvalue weighted by molar-refractivity contribution is -0.121. The van der Waals surface area contributed by atoms with E-state index in [1.807, 2.05) is 36.4 Å². The van der Waals surface area contributed by atoms with Gasteiger partial charge in [0.05, 0.1) is 0 Å². The van der Waals surface area contributed by atoms with E-state index in [1.165, 1.54) is 0 Å². The van der Waals surface area contributed by atoms with Crippen molar-refractivity contribution in [3.8, 4) is 0 Å². The summed E-state index contributed by atoms with van der Waals surface area (Å²) < 4.78 is 0. The number of hydrogen-bond donors (Lipinski definition) is 2. The van der Waals surface area contributed by atoms with Crippen LogP contribution in [0.25, 0.3) is 6.08 Å². The molecule has 4 heteroatoms. The van der Waals surface area contributed by atoms with Crippen LogP contribution in [0, 0.1) is 0 Å². The van der Waals surface area contributed by atoms with Crippen LogP contribution in [0.2, 0.25) is 0 Å². The van der Waals surface area contributed by atoms with E-state index in [0.717, 1.165) is 5.56 Å². The highest BCUT2D eigenvalue weighted by Crippen LogP contribution is 2.13. The van der Waals surface area contributed by atoms with Gasteiger partial charge in [0.2, 0.25) is 0 Å². The summed E-state index contributed by atoms with van der Waals surface area (Å²) in [6.45, 7) is 1.66. The molecule has 1 aromatic carbocycles. The summed E-state index contributed by atoms with van der Waals surface area (Å²) in [5.41, 5.74) is 0.0325. The molecule has 1 saturated heterocycles. The first kappa shape index (κ1) is 10.4. The van der Waals surface area contributed by atoms with Gasteiger partial charge in [-0.05, 0) is 18.6 Å². The molecule has 1 atom stereocenters. The van der Waals surface area contributed by atoms with Gasteiger partial charge < -0.3 is 5.32 Å². The molecule has 0 saturated carbocycles. The quantitative estimate of drug-likeness (QED) is 0.732. The molecule has 2 N–H and O–H groups in total. The number of hydrogen-bond acceptors (Lipinski definition) is 2. The van der Waals surface area contributed by atoms with Crippen LogP contribution in [0.1, 0.15) is 12.5 Å². The van der Waals surface area contributed by atoms with Crippen LogP contribution in [0.3, 0.4) is 0 Å². The monoisotopic (exact) mass is 216 g/mol. The second kappa shape index (κ2) is 3.81. The van der Waals surface area contributed by atoms with E-state index in [9.17, 15) is 9.59 Å². The minimum Gasteiger partial charge on any atom is -0.320 e. The van der Waals surface area contributed by atoms with Gasteiger partial charge in [0.15, 0.2) is 0 Å². The molecule has 0 radical (unpaired) electrons. The molecule has 0 aromatic heterocycles. The lowest BCUT2D eigenvalue weighted by atomic mass is 10.0. The predicted molar refractivity (Wildman–Crippen MR) is 60.6 cm³/mol.